The van der Waals surface area contributed by atoms with Gasteiger partial charge >= 0.3 is 0 Å². The van der Waals surface area contributed by atoms with Crippen LogP contribution < -0.4 is 5.32 Å². The van der Waals surface area contributed by atoms with Gasteiger partial charge in [-0.3, -0.25) is 0 Å². The SMILES string of the molecule is CC(CNC1CCOC2(CCOC2)C1)CN1CCCC1. The van der Waals surface area contributed by atoms with E-state index in [4.69, 9.17) is 9.47 Å². The van der Waals surface area contributed by atoms with Gasteiger partial charge in [-0.05, 0) is 51.2 Å². The smallest absolute Gasteiger partial charge is 0.0951 e. The molecular weight excluding hydrogens is 252 g/mol. The van der Waals surface area contributed by atoms with Crippen molar-refractivity contribution >= 4 is 0 Å². The summed E-state index contributed by atoms with van der Waals surface area (Å²) in [5.41, 5.74) is 0.0358. The van der Waals surface area contributed by atoms with Gasteiger partial charge in [-0.1, -0.05) is 6.92 Å². The minimum atomic E-state index is 0.0358. The highest BCUT2D eigenvalue weighted by molar-refractivity contribution is 4.92. The second-order valence-corrected chi connectivity index (χ2v) is 7.04. The molecule has 116 valence electrons. The second kappa shape index (κ2) is 6.73. The van der Waals surface area contributed by atoms with Crippen LogP contribution in [0.1, 0.15) is 39.0 Å². The van der Waals surface area contributed by atoms with Crippen molar-refractivity contribution < 1.29 is 9.47 Å². The third-order valence-corrected chi connectivity index (χ3v) is 5.08. The molecule has 3 heterocycles. The molecule has 0 amide bonds. The number of rotatable bonds is 5. The topological polar surface area (TPSA) is 33.7 Å². The molecule has 3 aliphatic rings. The van der Waals surface area contributed by atoms with Crippen molar-refractivity contribution in [2.45, 2.75) is 50.7 Å². The maximum Gasteiger partial charge on any atom is 0.0951 e. The molecule has 0 bridgehead atoms. The highest BCUT2D eigenvalue weighted by Crippen LogP contribution is 2.32. The maximum atomic E-state index is 6.00. The predicted octanol–water partition coefficient (Wildman–Crippen LogP) is 1.65. The lowest BCUT2D eigenvalue weighted by molar-refractivity contribution is -0.0895. The monoisotopic (exact) mass is 282 g/mol. The number of likely N-dealkylation sites (tertiary alicyclic amines) is 1. The Bertz CT molecular complexity index is 299. The molecule has 3 fully saturated rings. The molecule has 0 aromatic heterocycles. The van der Waals surface area contributed by atoms with E-state index < -0.39 is 0 Å². The molecule has 1 N–H and O–H groups in total. The number of nitrogens with zero attached hydrogens (tertiary/aromatic N) is 1. The van der Waals surface area contributed by atoms with Crippen LogP contribution in [0.2, 0.25) is 0 Å². The first kappa shape index (κ1) is 14.8. The Morgan fingerprint density at radius 1 is 1.30 bits per heavy atom. The summed E-state index contributed by atoms with van der Waals surface area (Å²) in [6.45, 7) is 9.94. The first-order valence-electron chi connectivity index (χ1n) is 8.43. The minimum absolute atomic E-state index is 0.0358. The molecule has 0 radical (unpaired) electrons. The van der Waals surface area contributed by atoms with Gasteiger partial charge in [0.25, 0.3) is 0 Å². The highest BCUT2D eigenvalue weighted by atomic mass is 16.6. The molecule has 0 aromatic rings. The molecule has 0 aromatic carbocycles. The molecule has 1 spiro atoms. The molecule has 0 aliphatic carbocycles. The Morgan fingerprint density at radius 3 is 2.90 bits per heavy atom. The van der Waals surface area contributed by atoms with Gasteiger partial charge in [0.15, 0.2) is 0 Å². The largest absolute Gasteiger partial charge is 0.378 e. The lowest BCUT2D eigenvalue weighted by Crippen LogP contribution is -2.48. The summed E-state index contributed by atoms with van der Waals surface area (Å²) in [5.74, 6) is 0.742. The van der Waals surface area contributed by atoms with Gasteiger partial charge in [-0.25, -0.2) is 0 Å². The molecule has 4 nitrogen and oxygen atoms in total. The third kappa shape index (κ3) is 3.73. The van der Waals surface area contributed by atoms with Gasteiger partial charge in [0.1, 0.15) is 0 Å². The Labute approximate surface area is 123 Å². The van der Waals surface area contributed by atoms with E-state index in [0.717, 1.165) is 51.5 Å². The summed E-state index contributed by atoms with van der Waals surface area (Å²) in [4.78, 5) is 2.61. The van der Waals surface area contributed by atoms with E-state index in [1.807, 2.05) is 0 Å². The molecule has 3 aliphatic heterocycles. The summed E-state index contributed by atoms with van der Waals surface area (Å²) >= 11 is 0. The van der Waals surface area contributed by atoms with E-state index in [1.165, 1.54) is 32.5 Å². The molecule has 3 rings (SSSR count). The van der Waals surface area contributed by atoms with Gasteiger partial charge in [-0.2, -0.15) is 0 Å². The fraction of sp³-hybridized carbons (Fsp3) is 1.00. The van der Waals surface area contributed by atoms with Crippen molar-refractivity contribution in [3.8, 4) is 0 Å². The summed E-state index contributed by atoms with van der Waals surface area (Å²) in [5, 5.41) is 3.78. The molecule has 3 saturated heterocycles. The molecule has 4 heteroatoms. The summed E-state index contributed by atoms with van der Waals surface area (Å²) in [7, 11) is 0. The summed E-state index contributed by atoms with van der Waals surface area (Å²) in [6.07, 6.45) is 6.14. The van der Waals surface area contributed by atoms with Crippen LogP contribution in [0.15, 0.2) is 0 Å². The third-order valence-electron chi connectivity index (χ3n) is 5.08. The fourth-order valence-corrected chi connectivity index (χ4v) is 3.90. The van der Waals surface area contributed by atoms with Crippen LogP contribution in [-0.2, 0) is 9.47 Å². The standard InChI is InChI=1S/C16H30N2O2/c1-14(12-18-6-2-3-7-18)11-17-15-4-8-20-16(10-15)5-9-19-13-16/h14-15,17H,2-13H2,1H3. The average Bonchev–Trinajstić information content (AvgIpc) is 3.09. The van der Waals surface area contributed by atoms with Crippen LogP contribution in [0, 0.1) is 5.92 Å². The fourth-order valence-electron chi connectivity index (χ4n) is 3.90. The van der Waals surface area contributed by atoms with E-state index in [1.54, 1.807) is 0 Å². The molecule has 3 atom stereocenters. The van der Waals surface area contributed by atoms with Crippen LogP contribution >= 0.6 is 0 Å². The van der Waals surface area contributed by atoms with Crippen molar-refractivity contribution in [2.75, 3.05) is 46.0 Å². The van der Waals surface area contributed by atoms with Crippen molar-refractivity contribution in [2.24, 2.45) is 5.92 Å². The van der Waals surface area contributed by atoms with Crippen molar-refractivity contribution in [3.05, 3.63) is 0 Å². The highest BCUT2D eigenvalue weighted by Gasteiger charge is 2.40. The molecule has 0 saturated carbocycles. The zero-order chi connectivity index (χ0) is 13.8. The zero-order valence-corrected chi connectivity index (χ0v) is 12.9. The molecule has 20 heavy (non-hydrogen) atoms. The number of ether oxygens (including phenoxy) is 2. The van der Waals surface area contributed by atoms with Crippen LogP contribution in [0.25, 0.3) is 0 Å². The van der Waals surface area contributed by atoms with Crippen LogP contribution in [-0.4, -0.2) is 62.5 Å². The Balaban J connectivity index is 1.38. The van der Waals surface area contributed by atoms with E-state index in [-0.39, 0.29) is 5.60 Å². The first-order valence-corrected chi connectivity index (χ1v) is 8.43. The second-order valence-electron chi connectivity index (χ2n) is 7.04. The van der Waals surface area contributed by atoms with Crippen LogP contribution in [0.3, 0.4) is 0 Å². The predicted molar refractivity (Wildman–Crippen MR) is 80.0 cm³/mol. The van der Waals surface area contributed by atoms with Crippen LogP contribution in [0.5, 0.6) is 0 Å². The van der Waals surface area contributed by atoms with Crippen LogP contribution in [0.4, 0.5) is 0 Å². The first-order chi connectivity index (χ1) is 9.76. The molecular formula is C16H30N2O2. The average molecular weight is 282 g/mol. The lowest BCUT2D eigenvalue weighted by Gasteiger charge is -2.38. The quantitative estimate of drug-likeness (QED) is 0.831. The Morgan fingerprint density at radius 2 is 2.15 bits per heavy atom. The summed E-state index contributed by atoms with van der Waals surface area (Å²) < 4.78 is 11.5. The minimum Gasteiger partial charge on any atom is -0.378 e. The van der Waals surface area contributed by atoms with Gasteiger partial charge in [0, 0.05) is 32.2 Å². The number of nitrogens with one attached hydrogen (secondary N) is 1. The van der Waals surface area contributed by atoms with E-state index in [9.17, 15) is 0 Å². The number of hydrogen-bond donors (Lipinski definition) is 1. The van der Waals surface area contributed by atoms with Gasteiger partial charge in [-0.15, -0.1) is 0 Å². The lowest BCUT2D eigenvalue weighted by atomic mass is 9.89. The van der Waals surface area contributed by atoms with Gasteiger partial charge in [0.05, 0.1) is 12.2 Å². The van der Waals surface area contributed by atoms with Crippen molar-refractivity contribution in [1.82, 2.24) is 10.2 Å². The number of hydrogen-bond acceptors (Lipinski definition) is 4. The van der Waals surface area contributed by atoms with Crippen molar-refractivity contribution in [3.63, 3.8) is 0 Å². The van der Waals surface area contributed by atoms with E-state index in [0.29, 0.717) is 6.04 Å². The van der Waals surface area contributed by atoms with Gasteiger partial charge in [0.2, 0.25) is 0 Å². The van der Waals surface area contributed by atoms with E-state index >= 15 is 0 Å². The van der Waals surface area contributed by atoms with E-state index in [2.05, 4.69) is 17.1 Å². The maximum absolute atomic E-state index is 6.00. The molecule has 3 unspecified atom stereocenters. The van der Waals surface area contributed by atoms with Gasteiger partial charge < -0.3 is 19.7 Å². The Hall–Kier alpha value is -0.160. The normalized spacial score (nSPS) is 36.8. The zero-order valence-electron chi connectivity index (χ0n) is 12.9. The summed E-state index contributed by atoms with van der Waals surface area (Å²) in [6, 6.07) is 0.617. The Kier molecular flexibility index (Phi) is 4.97. The van der Waals surface area contributed by atoms with Crippen molar-refractivity contribution in [1.29, 1.82) is 0 Å².